The third kappa shape index (κ3) is 3.93. The summed E-state index contributed by atoms with van der Waals surface area (Å²) in [6, 6.07) is 0.817. The van der Waals surface area contributed by atoms with Crippen LogP contribution >= 0.6 is 0 Å². The summed E-state index contributed by atoms with van der Waals surface area (Å²) in [6.45, 7) is 12.2. The number of hydrogen-bond acceptors (Lipinski definition) is 3. The summed E-state index contributed by atoms with van der Waals surface area (Å²) in [5, 5.41) is 3.59. The van der Waals surface area contributed by atoms with Crippen molar-refractivity contribution in [1.29, 1.82) is 0 Å². The van der Waals surface area contributed by atoms with Crippen LogP contribution in [-0.2, 0) is 0 Å². The number of piperidine rings is 1. The fourth-order valence-corrected chi connectivity index (χ4v) is 4.09. The van der Waals surface area contributed by atoms with E-state index >= 15 is 0 Å². The van der Waals surface area contributed by atoms with E-state index in [0.29, 0.717) is 5.41 Å². The zero-order valence-corrected chi connectivity index (χ0v) is 13.2. The molecular weight excluding hydrogens is 234 g/mol. The molecule has 0 radical (unpaired) electrons. The fraction of sp³-hybridized carbons (Fsp3) is 1.00. The summed E-state index contributed by atoms with van der Waals surface area (Å²) in [7, 11) is 2.36. The van der Waals surface area contributed by atoms with Gasteiger partial charge < -0.3 is 15.1 Å². The highest BCUT2D eigenvalue weighted by Crippen LogP contribution is 2.33. The minimum absolute atomic E-state index is 0.561. The van der Waals surface area contributed by atoms with Crippen molar-refractivity contribution in [3.63, 3.8) is 0 Å². The van der Waals surface area contributed by atoms with Crippen molar-refractivity contribution in [3.8, 4) is 0 Å². The summed E-state index contributed by atoms with van der Waals surface area (Å²) >= 11 is 0. The first kappa shape index (κ1) is 15.3. The van der Waals surface area contributed by atoms with Gasteiger partial charge in [0, 0.05) is 19.1 Å². The molecule has 2 rings (SSSR count). The molecule has 0 spiro atoms. The van der Waals surface area contributed by atoms with Crippen molar-refractivity contribution >= 4 is 0 Å². The second-order valence-corrected chi connectivity index (χ2v) is 6.76. The van der Waals surface area contributed by atoms with Crippen LogP contribution in [0.1, 0.15) is 46.0 Å². The molecule has 0 amide bonds. The molecule has 2 aliphatic rings. The van der Waals surface area contributed by atoms with Gasteiger partial charge in [-0.05, 0) is 64.3 Å². The molecular formula is C16H33N3. The first-order valence-corrected chi connectivity index (χ1v) is 8.32. The van der Waals surface area contributed by atoms with Crippen LogP contribution < -0.4 is 5.32 Å². The van der Waals surface area contributed by atoms with Gasteiger partial charge in [-0.2, -0.15) is 0 Å². The van der Waals surface area contributed by atoms with E-state index in [1.165, 1.54) is 71.4 Å². The Morgan fingerprint density at radius 3 is 2.53 bits per heavy atom. The van der Waals surface area contributed by atoms with Crippen LogP contribution in [0.4, 0.5) is 0 Å². The van der Waals surface area contributed by atoms with Crippen molar-refractivity contribution in [2.24, 2.45) is 5.41 Å². The maximum Gasteiger partial charge on any atom is 0.0117 e. The van der Waals surface area contributed by atoms with Gasteiger partial charge in [-0.25, -0.2) is 0 Å². The van der Waals surface area contributed by atoms with Gasteiger partial charge in [-0.3, -0.25) is 0 Å². The average Bonchev–Trinajstić information content (AvgIpc) is 2.87. The maximum atomic E-state index is 3.59. The van der Waals surface area contributed by atoms with Gasteiger partial charge in [-0.15, -0.1) is 0 Å². The molecule has 2 heterocycles. The van der Waals surface area contributed by atoms with Crippen LogP contribution in [0, 0.1) is 5.41 Å². The molecule has 3 heteroatoms. The topological polar surface area (TPSA) is 18.5 Å². The highest BCUT2D eigenvalue weighted by molar-refractivity contribution is 4.91. The molecule has 0 aliphatic carbocycles. The normalized spacial score (nSPS) is 30.3. The van der Waals surface area contributed by atoms with Crippen molar-refractivity contribution in [1.82, 2.24) is 15.1 Å². The largest absolute Gasteiger partial charge is 0.316 e. The summed E-state index contributed by atoms with van der Waals surface area (Å²) in [5.74, 6) is 0. The fourth-order valence-electron chi connectivity index (χ4n) is 4.09. The van der Waals surface area contributed by atoms with Crippen molar-refractivity contribution in [3.05, 3.63) is 0 Å². The van der Waals surface area contributed by atoms with Gasteiger partial charge in [0.2, 0.25) is 0 Å². The van der Waals surface area contributed by atoms with Crippen LogP contribution in [0.25, 0.3) is 0 Å². The SMILES string of the molecule is CCCC1(CN(C)C2CCN(CC)CC2)CCNC1. The molecule has 0 aromatic rings. The molecule has 112 valence electrons. The summed E-state index contributed by atoms with van der Waals surface area (Å²) in [6.07, 6.45) is 6.81. The van der Waals surface area contributed by atoms with Crippen LogP contribution in [0.15, 0.2) is 0 Å². The van der Waals surface area contributed by atoms with Crippen LogP contribution in [-0.4, -0.2) is 62.2 Å². The van der Waals surface area contributed by atoms with Gasteiger partial charge in [0.15, 0.2) is 0 Å². The molecule has 1 N–H and O–H groups in total. The van der Waals surface area contributed by atoms with Crippen LogP contribution in [0.5, 0.6) is 0 Å². The standard InChI is InChI=1S/C16H33N3/c1-4-8-16(9-10-17-13-16)14-18(3)15-6-11-19(5-2)12-7-15/h15,17H,4-14H2,1-3H3. The highest BCUT2D eigenvalue weighted by Gasteiger charge is 2.35. The smallest absolute Gasteiger partial charge is 0.0117 e. The highest BCUT2D eigenvalue weighted by atomic mass is 15.2. The van der Waals surface area contributed by atoms with E-state index in [0.717, 1.165) is 6.04 Å². The lowest BCUT2D eigenvalue weighted by Gasteiger charge is -2.40. The van der Waals surface area contributed by atoms with E-state index in [2.05, 4.69) is 36.0 Å². The molecule has 0 bridgehead atoms. The van der Waals surface area contributed by atoms with Crippen LogP contribution in [0.3, 0.4) is 0 Å². The quantitative estimate of drug-likeness (QED) is 0.796. The third-order valence-corrected chi connectivity index (χ3v) is 5.32. The predicted molar refractivity (Wildman–Crippen MR) is 82.6 cm³/mol. The van der Waals surface area contributed by atoms with E-state index in [9.17, 15) is 0 Å². The molecule has 2 aliphatic heterocycles. The number of hydrogen-bond donors (Lipinski definition) is 1. The Kier molecular flexibility index (Phi) is 5.67. The van der Waals surface area contributed by atoms with Gasteiger partial charge >= 0.3 is 0 Å². The van der Waals surface area contributed by atoms with E-state index < -0.39 is 0 Å². The number of nitrogens with zero attached hydrogens (tertiary/aromatic N) is 2. The van der Waals surface area contributed by atoms with E-state index in [4.69, 9.17) is 0 Å². The zero-order valence-electron chi connectivity index (χ0n) is 13.2. The Morgan fingerprint density at radius 2 is 2.00 bits per heavy atom. The molecule has 0 saturated carbocycles. The number of rotatable bonds is 6. The Hall–Kier alpha value is -0.120. The van der Waals surface area contributed by atoms with Crippen molar-refractivity contribution < 1.29 is 0 Å². The molecule has 1 unspecified atom stereocenters. The van der Waals surface area contributed by atoms with Gasteiger partial charge in [-0.1, -0.05) is 20.3 Å². The van der Waals surface area contributed by atoms with Crippen molar-refractivity contribution in [2.45, 2.75) is 52.0 Å². The third-order valence-electron chi connectivity index (χ3n) is 5.32. The van der Waals surface area contributed by atoms with Gasteiger partial charge in [0.05, 0.1) is 0 Å². The second-order valence-electron chi connectivity index (χ2n) is 6.76. The van der Waals surface area contributed by atoms with E-state index in [1.54, 1.807) is 0 Å². The molecule has 2 saturated heterocycles. The Labute approximate surface area is 119 Å². The lowest BCUT2D eigenvalue weighted by atomic mass is 9.81. The van der Waals surface area contributed by atoms with Gasteiger partial charge in [0.1, 0.15) is 0 Å². The molecule has 1 atom stereocenters. The Bertz CT molecular complexity index is 253. The average molecular weight is 267 g/mol. The van der Waals surface area contributed by atoms with Gasteiger partial charge in [0.25, 0.3) is 0 Å². The minimum atomic E-state index is 0.561. The monoisotopic (exact) mass is 267 g/mol. The summed E-state index contributed by atoms with van der Waals surface area (Å²) < 4.78 is 0. The lowest BCUT2D eigenvalue weighted by molar-refractivity contribution is 0.0891. The molecule has 3 nitrogen and oxygen atoms in total. The Morgan fingerprint density at radius 1 is 1.26 bits per heavy atom. The second kappa shape index (κ2) is 7.05. The molecule has 19 heavy (non-hydrogen) atoms. The molecule has 0 aromatic carbocycles. The van der Waals surface area contributed by atoms with Crippen molar-refractivity contribution in [2.75, 3.05) is 46.3 Å². The Balaban J connectivity index is 1.84. The minimum Gasteiger partial charge on any atom is -0.316 e. The maximum absolute atomic E-state index is 3.59. The lowest BCUT2D eigenvalue weighted by Crippen LogP contribution is -2.47. The van der Waals surface area contributed by atoms with E-state index in [1.807, 2.05) is 0 Å². The molecule has 2 fully saturated rings. The summed E-state index contributed by atoms with van der Waals surface area (Å²) in [4.78, 5) is 5.26. The number of likely N-dealkylation sites (tertiary alicyclic amines) is 1. The summed E-state index contributed by atoms with van der Waals surface area (Å²) in [5.41, 5.74) is 0.561. The molecule has 0 aromatic heterocycles. The number of nitrogens with one attached hydrogen (secondary N) is 1. The van der Waals surface area contributed by atoms with Crippen LogP contribution in [0.2, 0.25) is 0 Å². The first-order chi connectivity index (χ1) is 9.19. The predicted octanol–water partition coefficient (Wildman–Crippen LogP) is 2.18. The van der Waals surface area contributed by atoms with E-state index in [-0.39, 0.29) is 0 Å². The zero-order chi connectivity index (χ0) is 13.7. The first-order valence-electron chi connectivity index (χ1n) is 8.32.